The third kappa shape index (κ3) is 3.54. The van der Waals surface area contributed by atoms with Crippen LogP contribution in [0.1, 0.15) is 18.2 Å². The molecule has 6 nitrogen and oxygen atoms in total. The van der Waals surface area contributed by atoms with Gasteiger partial charge in [0.2, 0.25) is 0 Å². The summed E-state index contributed by atoms with van der Waals surface area (Å²) in [5.74, 6) is 0. The van der Waals surface area contributed by atoms with Crippen LogP contribution in [0.3, 0.4) is 0 Å². The molecule has 2 atom stereocenters. The maximum atomic E-state index is 5.22. The highest BCUT2D eigenvalue weighted by Crippen LogP contribution is 2.61. The molecular formula is C51H33BN6. The van der Waals surface area contributed by atoms with E-state index < -0.39 is 5.41 Å². The molecule has 2 unspecified atom stereocenters. The lowest BCUT2D eigenvalue weighted by Crippen LogP contribution is -2.62. The fourth-order valence-electron chi connectivity index (χ4n) is 11.5. The summed E-state index contributed by atoms with van der Waals surface area (Å²) >= 11 is 0. The molecule has 0 saturated carbocycles. The predicted molar refractivity (Wildman–Crippen MR) is 237 cm³/mol. The molecule has 0 N–H and O–H groups in total. The highest BCUT2D eigenvalue weighted by Gasteiger charge is 2.62. The van der Waals surface area contributed by atoms with Crippen LogP contribution in [0.2, 0.25) is 0 Å². The zero-order valence-electron chi connectivity index (χ0n) is 31.6. The lowest BCUT2D eigenvalue weighted by Gasteiger charge is -2.44. The third-order valence-corrected chi connectivity index (χ3v) is 13.6. The van der Waals surface area contributed by atoms with Crippen LogP contribution in [0.5, 0.6) is 0 Å². The molecule has 0 aliphatic carbocycles. The Kier molecular flexibility index (Phi) is 5.69. The summed E-state index contributed by atoms with van der Waals surface area (Å²) in [4.78, 5) is 15.4. The summed E-state index contributed by atoms with van der Waals surface area (Å²) < 4.78 is 5.08. The van der Waals surface area contributed by atoms with Crippen molar-refractivity contribution in [3.63, 3.8) is 0 Å². The van der Waals surface area contributed by atoms with Gasteiger partial charge in [-0.3, -0.25) is 19.1 Å². The van der Waals surface area contributed by atoms with E-state index in [2.05, 4.69) is 184 Å². The second kappa shape index (κ2) is 10.7. The van der Waals surface area contributed by atoms with Gasteiger partial charge in [-0.15, -0.1) is 0 Å². The lowest BCUT2D eigenvalue weighted by atomic mass is 9.33. The number of anilines is 4. The van der Waals surface area contributed by atoms with Crippen molar-refractivity contribution < 1.29 is 0 Å². The normalized spacial score (nSPS) is 17.9. The van der Waals surface area contributed by atoms with E-state index in [-0.39, 0.29) is 12.9 Å². The Balaban J connectivity index is 1.17. The first kappa shape index (κ1) is 30.8. The molecule has 4 aromatic heterocycles. The Labute approximate surface area is 335 Å². The number of hydrogen-bond acceptors (Lipinski definition) is 4. The minimum Gasteiger partial charge on any atom is -0.319 e. The van der Waals surface area contributed by atoms with Gasteiger partial charge in [0.05, 0.1) is 33.5 Å². The van der Waals surface area contributed by atoms with E-state index in [4.69, 9.17) is 9.97 Å². The summed E-state index contributed by atoms with van der Waals surface area (Å²) in [6.07, 6.45) is 3.78. The maximum absolute atomic E-state index is 5.22. The predicted octanol–water partition coefficient (Wildman–Crippen LogP) is 9.26. The maximum Gasteiger partial charge on any atom is 0.252 e. The number of benzene rings is 6. The van der Waals surface area contributed by atoms with Gasteiger partial charge in [0.25, 0.3) is 6.71 Å². The van der Waals surface area contributed by atoms with Crippen LogP contribution in [0.15, 0.2) is 176 Å². The molecule has 0 amide bonds. The van der Waals surface area contributed by atoms with Crippen molar-refractivity contribution in [2.75, 3.05) is 9.80 Å². The number of para-hydroxylation sites is 5. The van der Waals surface area contributed by atoms with Crippen LogP contribution in [0, 0.1) is 0 Å². The molecule has 0 saturated heterocycles. The van der Waals surface area contributed by atoms with Gasteiger partial charge in [-0.05, 0) is 95.6 Å². The number of hydrogen-bond donors (Lipinski definition) is 0. The largest absolute Gasteiger partial charge is 0.319 e. The second-order valence-electron chi connectivity index (χ2n) is 16.3. The fraction of sp³-hybridized carbons (Fsp3) is 0.0588. The van der Waals surface area contributed by atoms with E-state index in [1.165, 1.54) is 71.9 Å². The van der Waals surface area contributed by atoms with E-state index in [0.29, 0.717) is 0 Å². The average molecular weight is 741 g/mol. The van der Waals surface area contributed by atoms with Crippen LogP contribution in [0.25, 0.3) is 55.5 Å². The Morgan fingerprint density at radius 1 is 0.569 bits per heavy atom. The molecule has 0 fully saturated rings. The summed E-state index contributed by atoms with van der Waals surface area (Å²) in [6, 6.07) is 60.1. The first-order valence-corrected chi connectivity index (χ1v) is 20.2. The minimum atomic E-state index is -0.423. The highest BCUT2D eigenvalue weighted by atomic mass is 15.4. The van der Waals surface area contributed by atoms with Crippen molar-refractivity contribution >= 4 is 78.7 Å². The van der Waals surface area contributed by atoms with Crippen molar-refractivity contribution in [3.05, 3.63) is 187 Å². The van der Waals surface area contributed by atoms with Crippen LogP contribution in [-0.4, -0.2) is 32.0 Å². The number of rotatable bonds is 3. The molecule has 0 bridgehead atoms. The molecule has 6 aromatic carbocycles. The van der Waals surface area contributed by atoms with Crippen LogP contribution in [-0.2, 0) is 5.41 Å². The van der Waals surface area contributed by atoms with Crippen molar-refractivity contribution in [2.24, 2.45) is 0 Å². The molecule has 7 heteroatoms. The molecule has 8 heterocycles. The molecule has 4 aliphatic heterocycles. The Morgan fingerprint density at radius 2 is 1.29 bits per heavy atom. The van der Waals surface area contributed by atoms with Gasteiger partial charge >= 0.3 is 0 Å². The van der Waals surface area contributed by atoms with Crippen LogP contribution in [0.4, 0.5) is 22.7 Å². The monoisotopic (exact) mass is 740 g/mol. The number of fused-ring (bicyclic) bond motifs is 14. The van der Waals surface area contributed by atoms with E-state index >= 15 is 0 Å². The summed E-state index contributed by atoms with van der Waals surface area (Å²) in [5.41, 5.74) is 18.9. The molecular weight excluding hydrogens is 707 g/mol. The quantitative estimate of drug-likeness (QED) is 0.170. The van der Waals surface area contributed by atoms with Gasteiger partial charge in [-0.25, -0.2) is 0 Å². The van der Waals surface area contributed by atoms with Gasteiger partial charge in [-0.1, -0.05) is 97.1 Å². The lowest BCUT2D eigenvalue weighted by molar-refractivity contribution is 0.500. The van der Waals surface area contributed by atoms with Crippen molar-refractivity contribution in [1.29, 1.82) is 0 Å². The third-order valence-electron chi connectivity index (χ3n) is 13.6. The number of nitrogens with zero attached hydrogens (tertiary/aromatic N) is 6. The first-order valence-electron chi connectivity index (χ1n) is 20.2. The van der Waals surface area contributed by atoms with Gasteiger partial charge in [0.1, 0.15) is 11.8 Å². The van der Waals surface area contributed by atoms with Gasteiger partial charge in [0, 0.05) is 62.6 Å². The average Bonchev–Trinajstić information content (AvgIpc) is 3.97. The smallest absolute Gasteiger partial charge is 0.252 e. The Hall–Kier alpha value is -7.38. The summed E-state index contributed by atoms with van der Waals surface area (Å²) in [5, 5.41) is 3.82. The highest BCUT2D eigenvalue weighted by molar-refractivity contribution is 7.00. The van der Waals surface area contributed by atoms with E-state index in [9.17, 15) is 0 Å². The molecule has 4 aliphatic rings. The van der Waals surface area contributed by atoms with Gasteiger partial charge in [0.15, 0.2) is 0 Å². The van der Waals surface area contributed by atoms with E-state index in [1.54, 1.807) is 0 Å². The molecule has 58 heavy (non-hydrogen) atoms. The SMILES string of the molecule is CC12c3cccc4c3N(c3cc(-c5ccccn5)cc5c3B4c3cccc4c6c7ccccc7n(-c7ccccc7)c6n-5c34)C1N(c1ccccc1)c1cccnc12. The number of aromatic nitrogens is 4. The summed E-state index contributed by atoms with van der Waals surface area (Å²) in [7, 11) is 0. The van der Waals surface area contributed by atoms with E-state index in [1.807, 2.05) is 18.5 Å². The van der Waals surface area contributed by atoms with Crippen molar-refractivity contribution in [3.8, 4) is 22.6 Å². The first-order chi connectivity index (χ1) is 28.7. The van der Waals surface area contributed by atoms with Gasteiger partial charge in [-0.2, -0.15) is 0 Å². The zero-order valence-corrected chi connectivity index (χ0v) is 31.6. The topological polar surface area (TPSA) is 42.1 Å². The molecule has 270 valence electrons. The van der Waals surface area contributed by atoms with Crippen LogP contribution >= 0.6 is 0 Å². The van der Waals surface area contributed by atoms with Crippen LogP contribution < -0.4 is 26.2 Å². The Bertz CT molecular complexity index is 3390. The van der Waals surface area contributed by atoms with Gasteiger partial charge < -0.3 is 9.80 Å². The molecule has 0 radical (unpaired) electrons. The van der Waals surface area contributed by atoms with E-state index in [0.717, 1.165) is 34.0 Å². The second-order valence-corrected chi connectivity index (χ2v) is 16.3. The number of pyridine rings is 2. The molecule has 14 rings (SSSR count). The fourth-order valence-corrected chi connectivity index (χ4v) is 11.5. The van der Waals surface area contributed by atoms with Crippen molar-refractivity contribution in [1.82, 2.24) is 19.1 Å². The zero-order chi connectivity index (χ0) is 37.9. The van der Waals surface area contributed by atoms with Crippen molar-refractivity contribution in [2.45, 2.75) is 18.5 Å². The molecule has 0 spiro atoms. The minimum absolute atomic E-state index is 0.0245. The standard InChI is InChI=1S/C51H33BN6/c1-51-36-21-13-23-38-47(36)58(50(51)56(33-17-6-3-7-18-33)41-26-14-28-54-48(41)51)43-30-31(39-24-10-11-27-53-39)29-42-45(43)52(38)37-22-12-20-35-44-34-19-8-9-25-40(34)55(32-15-4-2-5-16-32)49(44)57(42)46(35)37/h2-30,50H,1H3. The summed E-state index contributed by atoms with van der Waals surface area (Å²) in [6.45, 7) is 2.45. The molecule has 10 aromatic rings. The Morgan fingerprint density at radius 3 is 2.14 bits per heavy atom.